The lowest BCUT2D eigenvalue weighted by molar-refractivity contribution is -0.109. The molecular weight excluding hydrogens is 298 g/mol. The van der Waals surface area contributed by atoms with Gasteiger partial charge in [-0.1, -0.05) is 38.8 Å². The zero-order valence-electron chi connectivity index (χ0n) is 13.6. The Bertz CT molecular complexity index is 457. The summed E-state index contributed by atoms with van der Waals surface area (Å²) < 4.78 is 22.9. The van der Waals surface area contributed by atoms with Gasteiger partial charge in [-0.3, -0.25) is 0 Å². The highest BCUT2D eigenvalue weighted by atomic mass is 32.2. The van der Waals surface area contributed by atoms with Crippen molar-refractivity contribution in [3.63, 3.8) is 0 Å². The zero-order valence-corrected chi connectivity index (χ0v) is 14.4. The van der Waals surface area contributed by atoms with Crippen LogP contribution in [0, 0.1) is 5.92 Å². The first-order valence-corrected chi connectivity index (χ1v) is 9.28. The molecule has 0 aromatic heterocycles. The van der Waals surface area contributed by atoms with Crippen molar-refractivity contribution < 1.29 is 13.2 Å². The van der Waals surface area contributed by atoms with E-state index in [1.165, 1.54) is 24.8 Å². The predicted octanol–water partition coefficient (Wildman–Crippen LogP) is 3.34. The van der Waals surface area contributed by atoms with Gasteiger partial charge in [0.05, 0.1) is 18.1 Å². The van der Waals surface area contributed by atoms with Crippen molar-refractivity contribution in [2.24, 2.45) is 5.92 Å². The van der Waals surface area contributed by atoms with E-state index in [0.717, 1.165) is 17.2 Å². The van der Waals surface area contributed by atoms with Crippen LogP contribution in [0.5, 0.6) is 0 Å². The van der Waals surface area contributed by atoms with Crippen molar-refractivity contribution in [2.45, 2.75) is 44.4 Å². The summed E-state index contributed by atoms with van der Waals surface area (Å²) >= 11 is -1.43. The molecular formula is C17H27NO3S. The summed E-state index contributed by atoms with van der Waals surface area (Å²) in [6.45, 7) is 7.13. The average molecular weight is 325 g/mol. The molecule has 5 heteroatoms. The Labute approximate surface area is 136 Å². The molecule has 0 radical (unpaired) electrons. The Balaban J connectivity index is 1.79. The summed E-state index contributed by atoms with van der Waals surface area (Å²) in [5.74, 6) is 0.800. The van der Waals surface area contributed by atoms with Gasteiger partial charge in [0.25, 0.3) is 0 Å². The second-order valence-electron chi connectivity index (χ2n) is 5.90. The molecule has 0 saturated carbocycles. The third kappa shape index (κ3) is 5.80. The standard InChI is InChI=1S/C17H27NO3S/c1-3-15(2)5-4-6-16-7-9-17(10-8-16)22(19)21-18-11-13-20-14-12-18/h7-10,15H,3-6,11-14H2,1-2H3. The molecule has 1 heterocycles. The molecule has 1 aliphatic heterocycles. The van der Waals surface area contributed by atoms with E-state index in [2.05, 4.69) is 26.0 Å². The zero-order chi connectivity index (χ0) is 15.8. The largest absolute Gasteiger partial charge is 0.379 e. The highest BCUT2D eigenvalue weighted by Gasteiger charge is 2.15. The van der Waals surface area contributed by atoms with Gasteiger partial charge in [0.2, 0.25) is 11.1 Å². The number of ether oxygens (including phenoxy) is 1. The Hall–Kier alpha value is -0.750. The highest BCUT2D eigenvalue weighted by molar-refractivity contribution is 7.80. The van der Waals surface area contributed by atoms with Crippen LogP contribution < -0.4 is 0 Å². The van der Waals surface area contributed by atoms with Crippen LogP contribution in [0.2, 0.25) is 0 Å². The Morgan fingerprint density at radius 1 is 1.27 bits per heavy atom. The van der Waals surface area contributed by atoms with Gasteiger partial charge in [-0.15, -0.1) is 0 Å². The molecule has 1 aromatic carbocycles. The van der Waals surface area contributed by atoms with Crippen molar-refractivity contribution >= 4 is 11.1 Å². The molecule has 1 aromatic rings. The van der Waals surface area contributed by atoms with Crippen LogP contribution in [0.25, 0.3) is 0 Å². The number of nitrogens with zero attached hydrogens (tertiary/aromatic N) is 1. The van der Waals surface area contributed by atoms with Gasteiger partial charge in [0.15, 0.2) is 0 Å². The lowest BCUT2D eigenvalue weighted by atomic mass is 9.99. The van der Waals surface area contributed by atoms with Crippen molar-refractivity contribution in [2.75, 3.05) is 26.3 Å². The number of aryl methyl sites for hydroxylation is 1. The second kappa shape index (κ2) is 9.40. The topological polar surface area (TPSA) is 38.8 Å². The van der Waals surface area contributed by atoms with Crippen LogP contribution in [-0.4, -0.2) is 35.6 Å². The van der Waals surface area contributed by atoms with Gasteiger partial charge in [0.1, 0.15) is 0 Å². The number of rotatable bonds is 8. The molecule has 22 heavy (non-hydrogen) atoms. The van der Waals surface area contributed by atoms with Crippen molar-refractivity contribution in [1.29, 1.82) is 0 Å². The van der Waals surface area contributed by atoms with Crippen LogP contribution >= 0.6 is 0 Å². The molecule has 2 rings (SSSR count). The van der Waals surface area contributed by atoms with Gasteiger partial charge < -0.3 is 4.74 Å². The number of morpholine rings is 1. The van der Waals surface area contributed by atoms with E-state index in [4.69, 9.17) is 9.02 Å². The van der Waals surface area contributed by atoms with Crippen LogP contribution in [0.4, 0.5) is 0 Å². The summed E-state index contributed by atoms with van der Waals surface area (Å²) in [7, 11) is 0. The fourth-order valence-corrected chi connectivity index (χ4v) is 3.17. The maximum absolute atomic E-state index is 12.2. The molecule has 2 unspecified atom stereocenters. The Morgan fingerprint density at radius 2 is 1.95 bits per heavy atom. The Morgan fingerprint density at radius 3 is 2.59 bits per heavy atom. The first-order valence-electron chi connectivity index (χ1n) is 8.21. The van der Waals surface area contributed by atoms with Crippen LogP contribution in [0.3, 0.4) is 0 Å². The molecule has 1 aliphatic rings. The first kappa shape index (κ1) is 17.6. The van der Waals surface area contributed by atoms with Gasteiger partial charge in [-0.2, -0.15) is 9.35 Å². The van der Waals surface area contributed by atoms with Gasteiger partial charge in [-0.25, -0.2) is 4.21 Å². The fourth-order valence-electron chi connectivity index (χ4n) is 2.39. The second-order valence-corrected chi connectivity index (χ2v) is 6.99. The maximum Gasteiger partial charge on any atom is 0.206 e. The van der Waals surface area contributed by atoms with E-state index in [-0.39, 0.29) is 0 Å². The smallest absolute Gasteiger partial charge is 0.206 e. The SMILES string of the molecule is CCC(C)CCCc1ccc(S(=O)ON2CCOCC2)cc1. The molecule has 1 saturated heterocycles. The Kier molecular flexibility index (Phi) is 7.52. The minimum absolute atomic E-state index is 0.631. The van der Waals surface area contributed by atoms with E-state index in [9.17, 15) is 4.21 Å². The summed E-state index contributed by atoms with van der Waals surface area (Å²) in [6, 6.07) is 7.95. The first-order chi connectivity index (χ1) is 10.7. The molecule has 0 bridgehead atoms. The lowest BCUT2D eigenvalue weighted by Crippen LogP contribution is -2.36. The van der Waals surface area contributed by atoms with E-state index in [1.54, 1.807) is 5.06 Å². The summed E-state index contributed by atoms with van der Waals surface area (Å²) in [6.07, 6.45) is 4.81. The fraction of sp³-hybridized carbons (Fsp3) is 0.647. The minimum Gasteiger partial charge on any atom is -0.379 e. The number of hydrogen-bond acceptors (Lipinski definition) is 4. The third-order valence-electron chi connectivity index (χ3n) is 4.12. The highest BCUT2D eigenvalue weighted by Crippen LogP contribution is 2.16. The van der Waals surface area contributed by atoms with Crippen LogP contribution in [0.15, 0.2) is 29.2 Å². The number of hydrogen-bond donors (Lipinski definition) is 0. The van der Waals surface area contributed by atoms with E-state index in [1.807, 2.05) is 12.1 Å². The molecule has 0 aliphatic carbocycles. The summed E-state index contributed by atoms with van der Waals surface area (Å²) in [4.78, 5) is 0.720. The van der Waals surface area contributed by atoms with Crippen molar-refractivity contribution in [3.8, 4) is 0 Å². The predicted molar refractivity (Wildman–Crippen MR) is 88.7 cm³/mol. The van der Waals surface area contributed by atoms with Crippen LogP contribution in [-0.2, 0) is 26.5 Å². The maximum atomic E-state index is 12.2. The van der Waals surface area contributed by atoms with Crippen LogP contribution in [0.1, 0.15) is 38.7 Å². The van der Waals surface area contributed by atoms with Crippen molar-refractivity contribution in [1.82, 2.24) is 5.06 Å². The molecule has 0 N–H and O–H groups in total. The van der Waals surface area contributed by atoms with E-state index in [0.29, 0.717) is 26.3 Å². The van der Waals surface area contributed by atoms with Gasteiger partial charge >= 0.3 is 0 Å². The molecule has 0 spiro atoms. The van der Waals surface area contributed by atoms with Gasteiger partial charge in [-0.05, 0) is 36.5 Å². The summed E-state index contributed by atoms with van der Waals surface area (Å²) in [5, 5.41) is 1.72. The number of benzene rings is 1. The normalized spacial score (nSPS) is 19.0. The summed E-state index contributed by atoms with van der Waals surface area (Å²) in [5.41, 5.74) is 1.30. The number of hydroxylamine groups is 2. The average Bonchev–Trinajstić information content (AvgIpc) is 2.56. The third-order valence-corrected chi connectivity index (χ3v) is 5.12. The quantitative estimate of drug-likeness (QED) is 0.735. The molecule has 1 fully saturated rings. The molecule has 4 nitrogen and oxygen atoms in total. The van der Waals surface area contributed by atoms with Crippen molar-refractivity contribution in [3.05, 3.63) is 29.8 Å². The van der Waals surface area contributed by atoms with E-state index < -0.39 is 11.1 Å². The molecule has 0 amide bonds. The van der Waals surface area contributed by atoms with E-state index >= 15 is 0 Å². The minimum atomic E-state index is -1.43. The lowest BCUT2D eigenvalue weighted by Gasteiger charge is -2.24. The monoisotopic (exact) mass is 325 g/mol. The molecule has 2 atom stereocenters. The molecule has 124 valence electrons. The van der Waals surface area contributed by atoms with Gasteiger partial charge in [0, 0.05) is 13.1 Å².